The van der Waals surface area contributed by atoms with Crippen LogP contribution in [-0.4, -0.2) is 87.4 Å². The van der Waals surface area contributed by atoms with E-state index in [0.29, 0.717) is 23.9 Å². The average molecular weight is 1070 g/mol. The number of carbonyl (C=O) groups excluding carboxylic acids is 2. The summed E-state index contributed by atoms with van der Waals surface area (Å²) in [5.41, 5.74) is 0. The lowest BCUT2D eigenvalue weighted by atomic mass is 10.0. The van der Waals surface area contributed by atoms with Crippen molar-refractivity contribution in [2.75, 3.05) is 47.5 Å². The first kappa shape index (κ1) is 73.5. The van der Waals surface area contributed by atoms with Crippen molar-refractivity contribution in [3.63, 3.8) is 0 Å². The van der Waals surface area contributed by atoms with Crippen molar-refractivity contribution in [2.45, 2.75) is 328 Å². The van der Waals surface area contributed by atoms with E-state index in [1.54, 1.807) is 0 Å². The highest BCUT2D eigenvalue weighted by molar-refractivity contribution is 5.71. The van der Waals surface area contributed by atoms with Gasteiger partial charge in [0.1, 0.15) is 13.2 Å². The number of hydrogen-bond donors (Lipinski definition) is 1. The van der Waals surface area contributed by atoms with Gasteiger partial charge in [-0.05, 0) is 44.9 Å². The van der Waals surface area contributed by atoms with E-state index in [2.05, 4.69) is 50.3 Å². The normalized spacial score (nSPS) is 12.9. The molecule has 0 amide bonds. The van der Waals surface area contributed by atoms with Crippen LogP contribution in [-0.2, 0) is 33.3 Å². The summed E-state index contributed by atoms with van der Waals surface area (Å²) in [6.45, 7) is 4.79. The molecular weight excluding hydrogens is 947 g/mol. The predicted molar refractivity (Wildman–Crippen MR) is 323 cm³/mol. The van der Waals surface area contributed by atoms with E-state index in [4.69, 9.17) is 18.9 Å². The van der Waals surface area contributed by atoms with E-state index in [9.17, 15) is 19.5 Å². The topological polar surface area (TPSA) is 108 Å². The summed E-state index contributed by atoms with van der Waals surface area (Å²) in [6, 6.07) is 0. The second-order valence-corrected chi connectivity index (χ2v) is 23.4. The van der Waals surface area contributed by atoms with Gasteiger partial charge in [0.2, 0.25) is 0 Å². The van der Waals surface area contributed by atoms with Gasteiger partial charge < -0.3 is 28.5 Å². The van der Waals surface area contributed by atoms with Crippen molar-refractivity contribution >= 4 is 17.9 Å². The van der Waals surface area contributed by atoms with Crippen molar-refractivity contribution < 1.29 is 42.9 Å². The van der Waals surface area contributed by atoms with E-state index >= 15 is 0 Å². The number of aliphatic carboxylic acids is 1. The Bertz CT molecular complexity index is 1340. The van der Waals surface area contributed by atoms with Crippen LogP contribution in [0.4, 0.5) is 0 Å². The van der Waals surface area contributed by atoms with Gasteiger partial charge in [-0.3, -0.25) is 9.59 Å². The molecule has 0 rings (SSSR count). The minimum Gasteiger partial charge on any atom is -0.477 e. The molecule has 0 saturated carbocycles. The van der Waals surface area contributed by atoms with Gasteiger partial charge in [0.25, 0.3) is 6.29 Å². The summed E-state index contributed by atoms with van der Waals surface area (Å²) in [5.74, 6) is -2.01. The van der Waals surface area contributed by atoms with E-state index in [1.807, 2.05) is 21.1 Å². The highest BCUT2D eigenvalue weighted by Gasteiger charge is 2.25. The minimum absolute atomic E-state index is 0.185. The molecule has 0 aliphatic carbocycles. The first-order valence-corrected chi connectivity index (χ1v) is 32.7. The lowest BCUT2D eigenvalue weighted by Gasteiger charge is -2.25. The molecule has 0 bridgehead atoms. The molecule has 0 aliphatic heterocycles. The lowest BCUT2D eigenvalue weighted by Crippen LogP contribution is -2.40. The maximum atomic E-state index is 12.8. The zero-order valence-electron chi connectivity index (χ0n) is 50.9. The zero-order chi connectivity index (χ0) is 55.5. The van der Waals surface area contributed by atoms with E-state index in [1.165, 1.54) is 212 Å². The summed E-state index contributed by atoms with van der Waals surface area (Å²) in [5, 5.41) is 9.70. The Balaban J connectivity index is 3.95. The molecule has 1 N–H and O–H groups in total. The highest BCUT2D eigenvalue weighted by Crippen LogP contribution is 2.18. The van der Waals surface area contributed by atoms with Crippen molar-refractivity contribution in [3.05, 3.63) is 36.5 Å². The number of allylic oxidation sites excluding steroid dienone is 6. The second kappa shape index (κ2) is 58.7. The number of nitrogens with zero attached hydrogens (tertiary/aromatic N) is 1. The smallest absolute Gasteiger partial charge is 0.361 e. The molecule has 0 saturated heterocycles. The predicted octanol–water partition coefficient (Wildman–Crippen LogP) is 19.6. The van der Waals surface area contributed by atoms with Crippen LogP contribution in [0.5, 0.6) is 0 Å². The molecule has 446 valence electrons. The maximum absolute atomic E-state index is 12.8. The summed E-state index contributed by atoms with van der Waals surface area (Å²) >= 11 is 0. The van der Waals surface area contributed by atoms with Crippen LogP contribution in [0.2, 0.25) is 0 Å². The summed E-state index contributed by atoms with van der Waals surface area (Å²) < 4.78 is 22.9. The third-order valence-electron chi connectivity index (χ3n) is 14.7. The van der Waals surface area contributed by atoms with Gasteiger partial charge in [-0.15, -0.1) is 0 Å². The number of rotatable bonds is 61. The van der Waals surface area contributed by atoms with Crippen LogP contribution in [0.3, 0.4) is 0 Å². The number of carbonyl (C=O) groups is 3. The fourth-order valence-electron chi connectivity index (χ4n) is 9.68. The number of unbranched alkanes of at least 4 members (excludes halogenated alkanes) is 40. The fourth-order valence-corrected chi connectivity index (χ4v) is 9.68. The van der Waals surface area contributed by atoms with Gasteiger partial charge in [-0.25, -0.2) is 4.79 Å². The number of esters is 2. The lowest BCUT2D eigenvalue weighted by molar-refractivity contribution is -0.870. The van der Waals surface area contributed by atoms with Crippen LogP contribution in [0.25, 0.3) is 0 Å². The number of carboxylic acids is 1. The van der Waals surface area contributed by atoms with E-state index < -0.39 is 24.3 Å². The molecule has 0 aliphatic rings. The molecule has 0 spiro atoms. The summed E-state index contributed by atoms with van der Waals surface area (Å²) in [4.78, 5) is 37.4. The Morgan fingerprint density at radius 2 is 0.750 bits per heavy atom. The Morgan fingerprint density at radius 1 is 0.408 bits per heavy atom. The first-order chi connectivity index (χ1) is 37.1. The zero-order valence-corrected chi connectivity index (χ0v) is 50.9. The Morgan fingerprint density at radius 3 is 1.12 bits per heavy atom. The molecule has 76 heavy (non-hydrogen) atoms. The SMILES string of the molecule is CC/C=C\C/C=C\C/C=C\CCCCCCCC(=O)OC(COC(=O)CCCCCCCCCCCCCCCCCCCCCCCCCCCCCCCCCCCCCC)COC(OCC[N+](C)(C)C)C(=O)O. The molecule has 9 heteroatoms. The van der Waals surface area contributed by atoms with Gasteiger partial charge in [-0.1, -0.05) is 294 Å². The number of hydrogen-bond acceptors (Lipinski definition) is 7. The molecule has 0 aromatic carbocycles. The molecule has 9 nitrogen and oxygen atoms in total. The molecular formula is C67H126NO8+. The van der Waals surface area contributed by atoms with Gasteiger partial charge >= 0.3 is 17.9 Å². The number of quaternary nitrogens is 1. The Kier molecular flexibility index (Phi) is 56.7. The maximum Gasteiger partial charge on any atom is 0.361 e. The summed E-state index contributed by atoms with van der Waals surface area (Å²) in [6.07, 6.45) is 69.9. The van der Waals surface area contributed by atoms with Crippen LogP contribution < -0.4 is 0 Å². The highest BCUT2D eigenvalue weighted by atomic mass is 16.7. The van der Waals surface area contributed by atoms with E-state index in [0.717, 1.165) is 70.6 Å². The van der Waals surface area contributed by atoms with Crippen LogP contribution in [0.15, 0.2) is 36.5 Å². The van der Waals surface area contributed by atoms with Gasteiger partial charge in [-0.2, -0.15) is 0 Å². The van der Waals surface area contributed by atoms with Crippen LogP contribution in [0, 0.1) is 0 Å². The van der Waals surface area contributed by atoms with Crippen molar-refractivity contribution in [2.24, 2.45) is 0 Å². The second-order valence-electron chi connectivity index (χ2n) is 23.4. The minimum atomic E-state index is -1.51. The average Bonchev–Trinajstić information content (AvgIpc) is 3.39. The van der Waals surface area contributed by atoms with Crippen molar-refractivity contribution in [1.29, 1.82) is 0 Å². The Labute approximate surface area is 470 Å². The molecule has 0 heterocycles. The van der Waals surface area contributed by atoms with Gasteiger partial charge in [0.05, 0.1) is 34.4 Å². The van der Waals surface area contributed by atoms with Crippen molar-refractivity contribution in [1.82, 2.24) is 0 Å². The number of ether oxygens (including phenoxy) is 4. The van der Waals surface area contributed by atoms with Crippen LogP contribution in [0.1, 0.15) is 316 Å². The molecule has 0 radical (unpaired) electrons. The number of carboxylic acid groups (broad SMARTS) is 1. The largest absolute Gasteiger partial charge is 0.477 e. The van der Waals surface area contributed by atoms with E-state index in [-0.39, 0.29) is 32.2 Å². The molecule has 2 atom stereocenters. The Hall–Kier alpha value is -2.49. The number of likely N-dealkylation sites (N-methyl/N-ethyl adjacent to an activating group) is 1. The monoisotopic (exact) mass is 1070 g/mol. The molecule has 2 unspecified atom stereocenters. The van der Waals surface area contributed by atoms with Gasteiger partial charge in [0.15, 0.2) is 6.10 Å². The third kappa shape index (κ3) is 59.2. The standard InChI is InChI=1S/C67H125NO8/c1-6-8-10-12-14-16-18-20-22-23-24-25-26-27-28-29-30-31-32-33-34-35-36-37-38-39-40-41-42-44-45-47-49-51-53-55-57-64(69)74-61-63(62-75-67(66(71)72)73-60-59-68(3,4)5)76-65(70)58-56-54-52-50-48-46-43-21-19-17-15-13-11-9-7-2/h9,11,15,17,21,43,63,67H,6-8,10,12-14,16,18-20,22-42,44-62H2,1-5H3/p+1/b11-9-,17-15-,43-21-. The fraction of sp³-hybridized carbons (Fsp3) is 0.866. The van der Waals surface area contributed by atoms with Crippen LogP contribution >= 0.6 is 0 Å². The molecule has 0 fully saturated rings. The third-order valence-corrected chi connectivity index (χ3v) is 14.7. The first-order valence-electron chi connectivity index (χ1n) is 32.7. The quantitative estimate of drug-likeness (QED) is 0.0211. The summed E-state index contributed by atoms with van der Waals surface area (Å²) in [7, 11) is 5.97. The molecule has 0 aromatic rings. The van der Waals surface area contributed by atoms with Crippen molar-refractivity contribution in [3.8, 4) is 0 Å². The van der Waals surface area contributed by atoms with Gasteiger partial charge in [0, 0.05) is 12.8 Å². The molecule has 0 aromatic heterocycles.